The number of hydrogen-bond donors (Lipinski definition) is 1. The average molecular weight is 686 g/mol. The number of aryl methyl sites for hydroxylation is 1. The monoisotopic (exact) mass is 684 g/mol. The number of nitrogens with one attached hydrogen (secondary N) is 1. The van der Waals surface area contributed by atoms with Gasteiger partial charge in [0.15, 0.2) is 11.5 Å². The molecular weight excluding hydrogens is 639 g/mol. The number of esters is 1. The van der Waals surface area contributed by atoms with Gasteiger partial charge in [-0.2, -0.15) is 0 Å². The number of hydrogen-bond acceptors (Lipinski definition) is 7. The Labute approximate surface area is 288 Å². The predicted octanol–water partition coefficient (Wildman–Crippen LogP) is 7.81. The maximum atomic E-state index is 14.1. The highest BCUT2D eigenvalue weighted by Crippen LogP contribution is 2.45. The summed E-state index contributed by atoms with van der Waals surface area (Å²) in [6, 6.07) is 18.9. The summed E-state index contributed by atoms with van der Waals surface area (Å²) in [5.41, 5.74) is 2.94. The Morgan fingerprint density at radius 1 is 1.00 bits per heavy atom. The van der Waals surface area contributed by atoms with E-state index in [2.05, 4.69) is 32.2 Å². The maximum absolute atomic E-state index is 14.1. The number of rotatable bonds is 15. The van der Waals surface area contributed by atoms with Gasteiger partial charge < -0.3 is 29.2 Å². The van der Waals surface area contributed by atoms with E-state index in [-0.39, 0.29) is 24.3 Å². The molecule has 0 bridgehead atoms. The zero-order chi connectivity index (χ0) is 34.0. The Kier molecular flexibility index (Phi) is 13.4. The third-order valence-electron chi connectivity index (χ3n) is 7.70. The molecule has 1 aliphatic rings. The number of halogens is 2. The summed E-state index contributed by atoms with van der Waals surface area (Å²) in [6.45, 7) is 10.6. The van der Waals surface area contributed by atoms with Gasteiger partial charge in [-0.3, -0.25) is 9.59 Å². The summed E-state index contributed by atoms with van der Waals surface area (Å²) in [6.07, 6.45) is 0.595. The van der Waals surface area contributed by atoms with Crippen molar-refractivity contribution in [3.63, 3.8) is 0 Å². The highest BCUT2D eigenvalue weighted by atomic mass is 35.5. The molecule has 1 N–H and O–H groups in total. The predicted molar refractivity (Wildman–Crippen MR) is 187 cm³/mol. The third kappa shape index (κ3) is 10.1. The molecule has 1 amide bonds. The third-order valence-corrected chi connectivity index (χ3v) is 8.31. The van der Waals surface area contributed by atoms with E-state index in [1.54, 1.807) is 25.0 Å². The number of amides is 1. The summed E-state index contributed by atoms with van der Waals surface area (Å²) in [5.74, 6) is 0.221. The molecule has 4 rings (SSSR count). The van der Waals surface area contributed by atoms with Crippen LogP contribution in [0.2, 0.25) is 10.0 Å². The Balaban J connectivity index is 1.53. The molecule has 0 radical (unpaired) electrons. The van der Waals surface area contributed by atoms with E-state index in [1.165, 1.54) is 0 Å². The second kappa shape index (κ2) is 17.2. The summed E-state index contributed by atoms with van der Waals surface area (Å²) in [4.78, 5) is 28.4. The molecule has 0 unspecified atom stereocenters. The zero-order valence-electron chi connectivity index (χ0n) is 27.9. The van der Waals surface area contributed by atoms with Crippen molar-refractivity contribution in [2.45, 2.75) is 65.6 Å². The fraction of sp³-hybridized carbons (Fsp3) is 0.459. The Bertz CT molecular complexity index is 1510. The molecule has 47 heavy (non-hydrogen) atoms. The number of carbonyl (C=O) groups excluding carboxylic acids is 2. The molecule has 1 heterocycles. The van der Waals surface area contributed by atoms with Crippen LogP contribution < -0.4 is 19.7 Å². The first-order valence-electron chi connectivity index (χ1n) is 16.2. The smallest absolute Gasteiger partial charge is 0.308 e. The van der Waals surface area contributed by atoms with E-state index >= 15 is 0 Å². The Morgan fingerprint density at radius 3 is 2.49 bits per heavy atom. The van der Waals surface area contributed by atoms with Crippen LogP contribution >= 0.6 is 23.2 Å². The van der Waals surface area contributed by atoms with Crippen LogP contribution in [0.5, 0.6) is 11.5 Å². The minimum absolute atomic E-state index is 0.204. The van der Waals surface area contributed by atoms with Gasteiger partial charge in [-0.05, 0) is 80.6 Å². The van der Waals surface area contributed by atoms with Gasteiger partial charge in [0.05, 0.1) is 26.7 Å². The van der Waals surface area contributed by atoms with Crippen molar-refractivity contribution in [3.05, 3.63) is 87.4 Å². The number of nitrogens with zero attached hydrogens (tertiary/aromatic N) is 1. The topological polar surface area (TPSA) is 86.3 Å². The van der Waals surface area contributed by atoms with Crippen LogP contribution in [0.15, 0.2) is 60.7 Å². The number of para-hydroxylation sites is 1. The molecule has 254 valence electrons. The van der Waals surface area contributed by atoms with E-state index in [9.17, 15) is 9.59 Å². The van der Waals surface area contributed by atoms with Crippen molar-refractivity contribution in [1.82, 2.24) is 5.32 Å². The van der Waals surface area contributed by atoms with Gasteiger partial charge in [-0.25, -0.2) is 0 Å². The highest BCUT2D eigenvalue weighted by molar-refractivity contribution is 6.31. The van der Waals surface area contributed by atoms with Crippen molar-refractivity contribution in [2.24, 2.45) is 5.41 Å². The lowest BCUT2D eigenvalue weighted by Gasteiger charge is -2.31. The first-order chi connectivity index (χ1) is 22.5. The first kappa shape index (κ1) is 36.5. The molecule has 0 fully saturated rings. The number of methoxy groups -OCH3 is 1. The van der Waals surface area contributed by atoms with Crippen LogP contribution in [0.1, 0.15) is 69.8 Å². The standard InChI is InChI=1S/C37H46Cl2N2O6/c1-6-45-33(42)23-32-36(43)41(24-37(2,3)4)30-18-17-26(38)22-28(30)34(47-32)27-14-9-16-31(35(27)44-5)46-21-11-20-40-19-10-13-25-12-7-8-15-29(25)39/h7-9,12,14-18,22,32,34,40H,6,10-11,13,19-21,23-24H2,1-5H3/t32-,34-/m1/s1. The quantitative estimate of drug-likeness (QED) is 0.129. The van der Waals surface area contributed by atoms with Crippen LogP contribution in [0.25, 0.3) is 0 Å². The van der Waals surface area contributed by atoms with Gasteiger partial charge in [0.1, 0.15) is 12.2 Å². The number of benzene rings is 3. The van der Waals surface area contributed by atoms with E-state index in [4.69, 9.17) is 42.1 Å². The minimum Gasteiger partial charge on any atom is -0.492 e. The Hall–Kier alpha value is -3.30. The summed E-state index contributed by atoms with van der Waals surface area (Å²) in [5, 5.41) is 4.77. The molecule has 3 aromatic rings. The second-order valence-electron chi connectivity index (χ2n) is 12.7. The number of ether oxygens (including phenoxy) is 4. The van der Waals surface area contributed by atoms with Crippen LogP contribution in [-0.4, -0.2) is 57.9 Å². The van der Waals surface area contributed by atoms with E-state index in [0.717, 1.165) is 42.9 Å². The second-order valence-corrected chi connectivity index (χ2v) is 13.6. The summed E-state index contributed by atoms with van der Waals surface area (Å²) >= 11 is 12.8. The van der Waals surface area contributed by atoms with Crippen LogP contribution in [0, 0.1) is 5.41 Å². The molecule has 1 aliphatic heterocycles. The van der Waals surface area contributed by atoms with Crippen LogP contribution in [-0.2, 0) is 25.5 Å². The van der Waals surface area contributed by atoms with Crippen molar-refractivity contribution in [1.29, 1.82) is 0 Å². The van der Waals surface area contributed by atoms with Gasteiger partial charge in [0.25, 0.3) is 5.91 Å². The molecular formula is C37H46Cl2N2O6. The zero-order valence-corrected chi connectivity index (χ0v) is 29.5. The van der Waals surface area contributed by atoms with E-state index in [1.807, 2.05) is 48.5 Å². The molecule has 0 spiro atoms. The normalized spacial score (nSPS) is 16.4. The molecule has 10 heteroatoms. The molecule has 2 atom stereocenters. The first-order valence-corrected chi connectivity index (χ1v) is 16.9. The molecule has 8 nitrogen and oxygen atoms in total. The van der Waals surface area contributed by atoms with Crippen molar-refractivity contribution in [3.8, 4) is 11.5 Å². The van der Waals surface area contributed by atoms with Crippen molar-refractivity contribution >= 4 is 40.8 Å². The molecule has 3 aromatic carbocycles. The highest BCUT2D eigenvalue weighted by Gasteiger charge is 2.40. The summed E-state index contributed by atoms with van der Waals surface area (Å²) < 4.78 is 23.9. The van der Waals surface area contributed by atoms with E-state index in [0.29, 0.717) is 46.5 Å². The van der Waals surface area contributed by atoms with Crippen molar-refractivity contribution < 1.29 is 28.5 Å². The fourth-order valence-corrected chi connectivity index (χ4v) is 6.05. The number of carbonyl (C=O) groups is 2. The lowest BCUT2D eigenvalue weighted by atomic mass is 9.94. The largest absolute Gasteiger partial charge is 0.492 e. The average Bonchev–Trinajstić information content (AvgIpc) is 3.12. The van der Waals surface area contributed by atoms with Crippen LogP contribution in [0.4, 0.5) is 5.69 Å². The molecule has 0 aliphatic carbocycles. The van der Waals surface area contributed by atoms with Gasteiger partial charge in [-0.15, -0.1) is 0 Å². The van der Waals surface area contributed by atoms with Gasteiger partial charge in [0, 0.05) is 33.4 Å². The molecule has 0 saturated heterocycles. The van der Waals surface area contributed by atoms with Gasteiger partial charge in [-0.1, -0.05) is 74.3 Å². The van der Waals surface area contributed by atoms with Gasteiger partial charge >= 0.3 is 5.97 Å². The molecule has 0 saturated carbocycles. The maximum Gasteiger partial charge on any atom is 0.308 e. The van der Waals surface area contributed by atoms with Gasteiger partial charge in [0.2, 0.25) is 0 Å². The van der Waals surface area contributed by atoms with E-state index < -0.39 is 18.2 Å². The molecule has 0 aromatic heterocycles. The number of fused-ring (bicyclic) bond motifs is 1. The lowest BCUT2D eigenvalue weighted by Crippen LogP contribution is -2.44. The van der Waals surface area contributed by atoms with Crippen LogP contribution in [0.3, 0.4) is 0 Å². The van der Waals surface area contributed by atoms with Crippen molar-refractivity contribution in [2.75, 3.05) is 44.9 Å². The fourth-order valence-electron chi connectivity index (χ4n) is 5.64. The summed E-state index contributed by atoms with van der Waals surface area (Å²) in [7, 11) is 1.58. The Morgan fingerprint density at radius 2 is 1.77 bits per heavy atom. The lowest BCUT2D eigenvalue weighted by molar-refractivity contribution is -0.151. The SMILES string of the molecule is CCOC(=O)C[C@H]1O[C@H](c2cccc(OCCCNCCCc3ccccc3Cl)c2OC)c2cc(Cl)ccc2N(CC(C)(C)C)C1=O. The number of anilines is 1. The minimum atomic E-state index is -1.09.